The van der Waals surface area contributed by atoms with Crippen molar-refractivity contribution in [1.82, 2.24) is 9.62 Å². The highest BCUT2D eigenvalue weighted by Crippen LogP contribution is 2.23. The van der Waals surface area contributed by atoms with Gasteiger partial charge in [-0.3, -0.25) is 4.79 Å². The molecule has 6 nitrogen and oxygen atoms in total. The Bertz CT molecular complexity index is 877. The summed E-state index contributed by atoms with van der Waals surface area (Å²) in [4.78, 5) is 13.9. The van der Waals surface area contributed by atoms with Crippen molar-refractivity contribution in [3.8, 4) is 0 Å². The van der Waals surface area contributed by atoms with Gasteiger partial charge < -0.3 is 9.32 Å². The number of carbonyl (C=O) groups excluding carboxylic acids is 1. The van der Waals surface area contributed by atoms with Gasteiger partial charge in [-0.2, -0.15) is 0 Å². The zero-order valence-electron chi connectivity index (χ0n) is 16.6. The molecule has 27 heavy (non-hydrogen) atoms. The minimum Gasteiger partial charge on any atom is -0.464 e. The van der Waals surface area contributed by atoms with Crippen LogP contribution in [-0.4, -0.2) is 32.8 Å². The maximum atomic E-state index is 12.4. The standard InChI is InChI=1S/C20H28N2O4S/c1-15-6-9-17(26-15)14-22(5)19(23)12-13-21-27(24,25)18-10-7-16(8-11-18)20(2,3)4/h6-11,21H,12-14H2,1-5H3. The quantitative estimate of drug-likeness (QED) is 0.785. The molecule has 0 saturated carbocycles. The van der Waals surface area contributed by atoms with Crippen LogP contribution >= 0.6 is 0 Å². The Morgan fingerprint density at radius 3 is 2.26 bits per heavy atom. The molecule has 1 heterocycles. The highest BCUT2D eigenvalue weighted by atomic mass is 32.2. The molecule has 1 aromatic heterocycles. The lowest BCUT2D eigenvalue weighted by Gasteiger charge is -2.19. The van der Waals surface area contributed by atoms with E-state index in [2.05, 4.69) is 25.5 Å². The first-order valence-electron chi connectivity index (χ1n) is 8.88. The van der Waals surface area contributed by atoms with Crippen molar-refractivity contribution >= 4 is 15.9 Å². The maximum absolute atomic E-state index is 12.4. The molecule has 0 aliphatic carbocycles. The molecule has 0 unspecified atom stereocenters. The van der Waals surface area contributed by atoms with Crippen molar-refractivity contribution in [1.29, 1.82) is 0 Å². The van der Waals surface area contributed by atoms with Crippen molar-refractivity contribution in [2.24, 2.45) is 0 Å². The van der Waals surface area contributed by atoms with Crippen molar-refractivity contribution in [2.45, 2.75) is 51.0 Å². The molecular weight excluding hydrogens is 364 g/mol. The molecule has 0 fully saturated rings. The Hall–Kier alpha value is -2.12. The van der Waals surface area contributed by atoms with E-state index in [1.165, 1.54) is 4.90 Å². The van der Waals surface area contributed by atoms with Crippen LogP contribution in [0.5, 0.6) is 0 Å². The highest BCUT2D eigenvalue weighted by molar-refractivity contribution is 7.89. The SMILES string of the molecule is Cc1ccc(CN(C)C(=O)CCNS(=O)(=O)c2ccc(C(C)(C)C)cc2)o1. The fourth-order valence-electron chi connectivity index (χ4n) is 2.59. The number of sulfonamides is 1. The topological polar surface area (TPSA) is 79.6 Å². The smallest absolute Gasteiger partial charge is 0.240 e. The van der Waals surface area contributed by atoms with Gasteiger partial charge in [-0.15, -0.1) is 0 Å². The Morgan fingerprint density at radius 2 is 1.74 bits per heavy atom. The number of benzene rings is 1. The van der Waals surface area contributed by atoms with Crippen LogP contribution in [0.1, 0.15) is 44.3 Å². The Kier molecular flexibility index (Phi) is 6.49. The Labute approximate surface area is 161 Å². The van der Waals surface area contributed by atoms with Crippen LogP contribution < -0.4 is 4.72 Å². The average molecular weight is 393 g/mol. The molecule has 0 aliphatic rings. The lowest BCUT2D eigenvalue weighted by atomic mass is 9.87. The minimum absolute atomic E-state index is 0.0424. The fourth-order valence-corrected chi connectivity index (χ4v) is 3.62. The first-order chi connectivity index (χ1) is 12.5. The molecule has 0 radical (unpaired) electrons. The first-order valence-corrected chi connectivity index (χ1v) is 10.4. The van der Waals surface area contributed by atoms with E-state index in [4.69, 9.17) is 4.42 Å². The summed E-state index contributed by atoms with van der Waals surface area (Å²) in [7, 11) is -1.97. The van der Waals surface area contributed by atoms with E-state index in [1.54, 1.807) is 19.2 Å². The molecule has 0 aliphatic heterocycles. The zero-order valence-corrected chi connectivity index (χ0v) is 17.4. The molecule has 1 amide bonds. The van der Waals surface area contributed by atoms with Crippen molar-refractivity contribution in [3.05, 3.63) is 53.5 Å². The second-order valence-corrected chi connectivity index (χ2v) is 9.45. The van der Waals surface area contributed by atoms with Gasteiger partial charge in [0.15, 0.2) is 0 Å². The van der Waals surface area contributed by atoms with E-state index in [1.807, 2.05) is 31.2 Å². The van der Waals surface area contributed by atoms with Crippen LogP contribution in [0, 0.1) is 6.92 Å². The van der Waals surface area contributed by atoms with Crippen LogP contribution in [0.2, 0.25) is 0 Å². The van der Waals surface area contributed by atoms with Gasteiger partial charge >= 0.3 is 0 Å². The molecule has 7 heteroatoms. The van der Waals surface area contributed by atoms with Crippen LogP contribution in [0.3, 0.4) is 0 Å². The molecule has 0 spiro atoms. The summed E-state index contributed by atoms with van der Waals surface area (Å²) < 4.78 is 32.7. The number of amides is 1. The molecule has 0 saturated heterocycles. The summed E-state index contributed by atoms with van der Waals surface area (Å²) in [6.07, 6.45) is 0.0789. The van der Waals surface area contributed by atoms with Crippen molar-refractivity contribution < 1.29 is 17.6 Å². The van der Waals surface area contributed by atoms with Gasteiger partial charge in [0.25, 0.3) is 0 Å². The van der Waals surface area contributed by atoms with E-state index in [0.29, 0.717) is 12.3 Å². The monoisotopic (exact) mass is 392 g/mol. The Balaban J connectivity index is 1.88. The lowest BCUT2D eigenvalue weighted by molar-refractivity contribution is -0.130. The van der Waals surface area contributed by atoms with Crippen LogP contribution in [-0.2, 0) is 26.8 Å². The predicted molar refractivity (Wildman–Crippen MR) is 105 cm³/mol. The summed E-state index contributed by atoms with van der Waals surface area (Å²) >= 11 is 0. The lowest BCUT2D eigenvalue weighted by Crippen LogP contribution is -2.31. The van der Waals surface area contributed by atoms with E-state index in [9.17, 15) is 13.2 Å². The van der Waals surface area contributed by atoms with Gasteiger partial charge in [0.05, 0.1) is 11.4 Å². The number of hydrogen-bond donors (Lipinski definition) is 1. The molecule has 2 rings (SSSR count). The van der Waals surface area contributed by atoms with Crippen molar-refractivity contribution in [3.63, 3.8) is 0 Å². The summed E-state index contributed by atoms with van der Waals surface area (Å²) in [5.74, 6) is 1.33. The van der Waals surface area contributed by atoms with Crippen LogP contribution in [0.4, 0.5) is 0 Å². The van der Waals surface area contributed by atoms with Gasteiger partial charge in [0.1, 0.15) is 11.5 Å². The average Bonchev–Trinajstić information content (AvgIpc) is 2.98. The Morgan fingerprint density at radius 1 is 1.11 bits per heavy atom. The summed E-state index contributed by atoms with van der Waals surface area (Å²) in [5.41, 5.74) is 1.02. The molecule has 0 bridgehead atoms. The molecule has 1 N–H and O–H groups in total. The first kappa shape index (κ1) is 21.2. The van der Waals surface area contributed by atoms with Gasteiger partial charge in [0.2, 0.25) is 15.9 Å². The zero-order chi connectivity index (χ0) is 20.2. The third-order valence-electron chi connectivity index (χ3n) is 4.28. The van der Waals surface area contributed by atoms with Gasteiger partial charge in [-0.1, -0.05) is 32.9 Å². The summed E-state index contributed by atoms with van der Waals surface area (Å²) in [6, 6.07) is 10.5. The largest absolute Gasteiger partial charge is 0.464 e. The van der Waals surface area contributed by atoms with Crippen molar-refractivity contribution in [2.75, 3.05) is 13.6 Å². The number of carbonyl (C=O) groups is 1. The second kappa shape index (κ2) is 8.27. The predicted octanol–water partition coefficient (Wildman–Crippen LogP) is 3.21. The third kappa shape index (κ3) is 5.94. The second-order valence-electron chi connectivity index (χ2n) is 7.68. The normalized spacial score (nSPS) is 12.2. The number of rotatable bonds is 7. The number of nitrogens with one attached hydrogen (secondary N) is 1. The number of aryl methyl sites for hydroxylation is 1. The van der Waals surface area contributed by atoms with Gasteiger partial charge in [-0.05, 0) is 42.2 Å². The highest BCUT2D eigenvalue weighted by Gasteiger charge is 2.18. The fraction of sp³-hybridized carbons (Fsp3) is 0.450. The van der Waals surface area contributed by atoms with Crippen LogP contribution in [0.15, 0.2) is 45.7 Å². The van der Waals surface area contributed by atoms with E-state index < -0.39 is 10.0 Å². The minimum atomic E-state index is -3.64. The van der Waals surface area contributed by atoms with Gasteiger partial charge in [-0.25, -0.2) is 13.1 Å². The maximum Gasteiger partial charge on any atom is 0.240 e. The number of furan rings is 1. The van der Waals surface area contributed by atoms with Gasteiger partial charge in [0, 0.05) is 20.0 Å². The molecule has 1 aromatic carbocycles. The molecule has 148 valence electrons. The van der Waals surface area contributed by atoms with E-state index >= 15 is 0 Å². The van der Waals surface area contributed by atoms with E-state index in [0.717, 1.165) is 11.3 Å². The molecule has 2 aromatic rings. The number of hydrogen-bond acceptors (Lipinski definition) is 4. The third-order valence-corrected chi connectivity index (χ3v) is 5.75. The summed E-state index contributed by atoms with van der Waals surface area (Å²) in [6.45, 7) is 8.45. The molecular formula is C20H28N2O4S. The van der Waals surface area contributed by atoms with Crippen LogP contribution in [0.25, 0.3) is 0 Å². The summed E-state index contributed by atoms with van der Waals surface area (Å²) in [5, 5.41) is 0. The molecule has 0 atom stereocenters. The number of nitrogens with zero attached hydrogens (tertiary/aromatic N) is 1. The van der Waals surface area contributed by atoms with E-state index in [-0.39, 0.29) is 29.2 Å².